The number of carbonyl (C=O) groups excluding carboxylic acids is 2. The van der Waals surface area contributed by atoms with Crippen molar-refractivity contribution in [2.24, 2.45) is 0 Å². The second kappa shape index (κ2) is 8.07. The molecule has 0 saturated carbocycles. The van der Waals surface area contributed by atoms with Crippen molar-refractivity contribution >= 4 is 23.1 Å². The Balaban J connectivity index is 2.70. The molecule has 0 amide bonds. The maximum absolute atomic E-state index is 11.7. The van der Waals surface area contributed by atoms with Gasteiger partial charge in [-0.1, -0.05) is 19.9 Å². The van der Waals surface area contributed by atoms with Crippen LogP contribution in [-0.2, 0) is 14.3 Å². The van der Waals surface area contributed by atoms with Gasteiger partial charge < -0.3 is 4.74 Å². The first-order chi connectivity index (χ1) is 9.06. The number of Topliss-reactive ketones (excluding diaryl/α,β-unsaturated/α-hetero) is 1. The topological polar surface area (TPSA) is 46.6 Å². The Labute approximate surface area is 118 Å². The first-order valence-electron chi connectivity index (χ1n) is 6.51. The van der Waals surface area contributed by atoms with Crippen molar-refractivity contribution in [1.82, 2.24) is 4.90 Å². The fourth-order valence-electron chi connectivity index (χ4n) is 1.78. The van der Waals surface area contributed by atoms with Crippen molar-refractivity contribution in [2.75, 3.05) is 19.6 Å². The average molecular weight is 283 g/mol. The van der Waals surface area contributed by atoms with Gasteiger partial charge in [0.1, 0.15) is 18.3 Å². The van der Waals surface area contributed by atoms with Gasteiger partial charge in [-0.05, 0) is 31.5 Å². The van der Waals surface area contributed by atoms with Gasteiger partial charge in [-0.15, -0.1) is 11.3 Å². The molecule has 0 aliphatic rings. The molecule has 19 heavy (non-hydrogen) atoms. The van der Waals surface area contributed by atoms with Gasteiger partial charge in [0, 0.05) is 11.4 Å². The summed E-state index contributed by atoms with van der Waals surface area (Å²) in [5.41, 5.74) is 0. The van der Waals surface area contributed by atoms with Crippen molar-refractivity contribution in [1.29, 1.82) is 0 Å². The summed E-state index contributed by atoms with van der Waals surface area (Å²) in [6.45, 7) is 8.02. The second-order valence-electron chi connectivity index (χ2n) is 4.36. The third-order valence-corrected chi connectivity index (χ3v) is 3.81. The summed E-state index contributed by atoms with van der Waals surface area (Å²) < 4.78 is 5.45. The van der Waals surface area contributed by atoms with E-state index in [2.05, 4.69) is 18.7 Å². The highest BCUT2D eigenvalue weighted by Crippen LogP contribution is 2.24. The number of hydrogen-bond donors (Lipinski definition) is 0. The predicted molar refractivity (Wildman–Crippen MR) is 76.2 cm³/mol. The molecule has 106 valence electrons. The number of nitrogens with zero attached hydrogens (tertiary/aromatic N) is 1. The minimum atomic E-state index is -0.446. The average Bonchev–Trinajstić information content (AvgIpc) is 2.87. The van der Waals surface area contributed by atoms with Gasteiger partial charge in [0.2, 0.25) is 0 Å². The monoisotopic (exact) mass is 283 g/mol. The lowest BCUT2D eigenvalue weighted by atomic mass is 10.2. The molecule has 0 bridgehead atoms. The largest absolute Gasteiger partial charge is 0.455 e. The summed E-state index contributed by atoms with van der Waals surface area (Å²) in [6.07, 6.45) is -0.438. The number of esters is 1. The molecule has 0 spiro atoms. The summed E-state index contributed by atoms with van der Waals surface area (Å²) in [6, 6.07) is 3.90. The van der Waals surface area contributed by atoms with Gasteiger partial charge >= 0.3 is 5.97 Å². The highest BCUT2D eigenvalue weighted by atomic mass is 32.1. The number of rotatable bonds is 8. The fourth-order valence-corrected chi connectivity index (χ4v) is 2.53. The highest BCUT2D eigenvalue weighted by Gasteiger charge is 2.20. The summed E-state index contributed by atoms with van der Waals surface area (Å²) in [7, 11) is 0. The van der Waals surface area contributed by atoms with Gasteiger partial charge in [0.25, 0.3) is 0 Å². The molecule has 5 heteroatoms. The van der Waals surface area contributed by atoms with Crippen molar-refractivity contribution in [3.8, 4) is 0 Å². The molecule has 1 heterocycles. The van der Waals surface area contributed by atoms with Gasteiger partial charge in [0.05, 0.1) is 0 Å². The van der Waals surface area contributed by atoms with E-state index in [1.165, 1.54) is 6.92 Å². The Kier molecular flexibility index (Phi) is 6.73. The fraction of sp³-hybridized carbons (Fsp3) is 0.571. The van der Waals surface area contributed by atoms with Crippen molar-refractivity contribution in [3.63, 3.8) is 0 Å². The van der Waals surface area contributed by atoms with Gasteiger partial charge in [-0.3, -0.25) is 14.5 Å². The predicted octanol–water partition coefficient (Wildman–Crippen LogP) is 2.65. The molecule has 4 nitrogen and oxygen atoms in total. The molecule has 0 saturated heterocycles. The first kappa shape index (κ1) is 15.9. The number of ether oxygens (including phenoxy) is 1. The van der Waals surface area contributed by atoms with E-state index in [0.29, 0.717) is 6.54 Å². The number of carbonyl (C=O) groups is 2. The van der Waals surface area contributed by atoms with Gasteiger partial charge in [0.15, 0.2) is 0 Å². The molecule has 0 aliphatic carbocycles. The van der Waals surface area contributed by atoms with Crippen LogP contribution >= 0.6 is 11.3 Å². The van der Waals surface area contributed by atoms with Gasteiger partial charge in [-0.25, -0.2) is 0 Å². The van der Waals surface area contributed by atoms with Crippen molar-refractivity contribution in [2.45, 2.75) is 33.3 Å². The van der Waals surface area contributed by atoms with E-state index in [-0.39, 0.29) is 18.3 Å². The zero-order valence-corrected chi connectivity index (χ0v) is 12.5. The normalized spacial score (nSPS) is 12.4. The van der Waals surface area contributed by atoms with E-state index in [9.17, 15) is 9.59 Å². The Hall–Kier alpha value is -1.20. The zero-order valence-electron chi connectivity index (χ0n) is 11.7. The van der Waals surface area contributed by atoms with E-state index in [1.54, 1.807) is 11.3 Å². The maximum Gasteiger partial charge on any atom is 0.313 e. The molecule has 0 N–H and O–H groups in total. The van der Waals surface area contributed by atoms with E-state index in [1.807, 2.05) is 17.5 Å². The molecule has 1 unspecified atom stereocenters. The SMILES string of the molecule is CCN(CC)CC(OC(=O)CC(C)=O)c1cccs1. The summed E-state index contributed by atoms with van der Waals surface area (Å²) in [5.74, 6) is -0.615. The third-order valence-electron chi connectivity index (χ3n) is 2.85. The minimum Gasteiger partial charge on any atom is -0.455 e. The highest BCUT2D eigenvalue weighted by molar-refractivity contribution is 7.10. The quantitative estimate of drug-likeness (QED) is 0.543. The summed E-state index contributed by atoms with van der Waals surface area (Å²) in [5, 5.41) is 1.96. The number of thiophene rings is 1. The lowest BCUT2D eigenvalue weighted by Gasteiger charge is -2.24. The molecule has 0 fully saturated rings. The molecule has 0 radical (unpaired) electrons. The van der Waals surface area contributed by atoms with Crippen LogP contribution in [0.15, 0.2) is 17.5 Å². The lowest BCUT2D eigenvalue weighted by Crippen LogP contribution is -2.30. The molecule has 1 atom stereocenters. The Morgan fingerprint density at radius 1 is 1.37 bits per heavy atom. The van der Waals surface area contributed by atoms with Crippen molar-refractivity contribution in [3.05, 3.63) is 22.4 Å². The molecular formula is C14H21NO3S. The molecule has 1 rings (SSSR count). The molecule has 0 aliphatic heterocycles. The lowest BCUT2D eigenvalue weighted by molar-refractivity contribution is -0.151. The van der Waals surface area contributed by atoms with Crippen LogP contribution in [0.25, 0.3) is 0 Å². The molecule has 1 aromatic rings. The molecule has 0 aromatic carbocycles. The number of hydrogen-bond acceptors (Lipinski definition) is 5. The van der Waals surface area contributed by atoms with Crippen LogP contribution in [0.2, 0.25) is 0 Å². The minimum absolute atomic E-state index is 0.153. The van der Waals surface area contributed by atoms with Crippen molar-refractivity contribution < 1.29 is 14.3 Å². The van der Waals surface area contributed by atoms with E-state index in [0.717, 1.165) is 18.0 Å². The first-order valence-corrected chi connectivity index (χ1v) is 7.39. The molecule has 1 aromatic heterocycles. The summed E-state index contributed by atoms with van der Waals surface area (Å²) in [4.78, 5) is 25.8. The van der Waals surface area contributed by atoms with Crippen LogP contribution in [0.3, 0.4) is 0 Å². The van der Waals surface area contributed by atoms with Crippen LogP contribution in [0, 0.1) is 0 Å². The third kappa shape index (κ3) is 5.53. The Morgan fingerprint density at radius 3 is 2.53 bits per heavy atom. The van der Waals surface area contributed by atoms with Crippen LogP contribution in [0.4, 0.5) is 0 Å². The summed E-state index contributed by atoms with van der Waals surface area (Å²) >= 11 is 1.57. The molecular weight excluding hydrogens is 262 g/mol. The standard InChI is InChI=1S/C14H21NO3S/c1-4-15(5-2)10-12(13-7-6-8-19-13)18-14(17)9-11(3)16/h6-8,12H,4-5,9-10H2,1-3H3. The van der Waals surface area contributed by atoms with Gasteiger partial charge in [-0.2, -0.15) is 0 Å². The van der Waals surface area contributed by atoms with Crippen LogP contribution in [-0.4, -0.2) is 36.3 Å². The maximum atomic E-state index is 11.7. The second-order valence-corrected chi connectivity index (χ2v) is 5.34. The van der Waals surface area contributed by atoms with Crippen LogP contribution < -0.4 is 0 Å². The van der Waals surface area contributed by atoms with E-state index < -0.39 is 5.97 Å². The zero-order chi connectivity index (χ0) is 14.3. The number of ketones is 1. The smallest absolute Gasteiger partial charge is 0.313 e. The van der Waals surface area contributed by atoms with E-state index >= 15 is 0 Å². The Morgan fingerprint density at radius 2 is 2.05 bits per heavy atom. The van der Waals surface area contributed by atoms with Crippen LogP contribution in [0.1, 0.15) is 38.2 Å². The van der Waals surface area contributed by atoms with E-state index in [4.69, 9.17) is 4.74 Å². The Bertz CT molecular complexity index is 399. The number of likely N-dealkylation sites (N-methyl/N-ethyl adjacent to an activating group) is 1. The van der Waals surface area contributed by atoms with Crippen LogP contribution in [0.5, 0.6) is 0 Å².